The average Bonchev–Trinajstić information content (AvgIpc) is 3.14. The lowest BCUT2D eigenvalue weighted by molar-refractivity contribution is -0.120. The van der Waals surface area contributed by atoms with Crippen molar-refractivity contribution in [1.29, 1.82) is 0 Å². The molecule has 0 aromatic rings. The number of carbonyl (C=O) groups is 1. The lowest BCUT2D eigenvalue weighted by atomic mass is 10.4. The summed E-state index contributed by atoms with van der Waals surface area (Å²) in [6.07, 6.45) is 2.67. The molecule has 1 aliphatic heterocycles. The van der Waals surface area contributed by atoms with E-state index in [9.17, 15) is 4.79 Å². The molecule has 2 fully saturated rings. The van der Waals surface area contributed by atoms with Crippen molar-refractivity contribution in [1.82, 2.24) is 15.5 Å². The zero-order chi connectivity index (χ0) is 11.9. The Morgan fingerprint density at radius 3 is 2.76 bits per heavy atom. The average molecular weight is 257 g/mol. The van der Waals surface area contributed by atoms with Crippen molar-refractivity contribution < 1.29 is 4.79 Å². The van der Waals surface area contributed by atoms with Gasteiger partial charge in [0.05, 0.1) is 6.54 Å². The van der Waals surface area contributed by atoms with E-state index in [4.69, 9.17) is 0 Å². The van der Waals surface area contributed by atoms with Crippen molar-refractivity contribution in [2.24, 2.45) is 5.92 Å². The molecule has 1 amide bonds. The predicted octanol–water partition coefficient (Wildman–Crippen LogP) is 0.151. The van der Waals surface area contributed by atoms with Gasteiger partial charge in [-0.3, -0.25) is 9.69 Å². The van der Waals surface area contributed by atoms with E-state index in [1.54, 1.807) is 0 Å². The van der Waals surface area contributed by atoms with Crippen LogP contribution in [0.3, 0.4) is 0 Å². The third-order valence-electron chi connectivity index (χ3n) is 3.27. The van der Waals surface area contributed by atoms with Crippen molar-refractivity contribution in [2.75, 3.05) is 50.8 Å². The van der Waals surface area contributed by atoms with Crippen molar-refractivity contribution in [3.8, 4) is 0 Å². The summed E-state index contributed by atoms with van der Waals surface area (Å²) in [5, 5.41) is 6.18. The first-order valence-electron chi connectivity index (χ1n) is 6.62. The van der Waals surface area contributed by atoms with Crippen LogP contribution in [-0.2, 0) is 4.79 Å². The predicted molar refractivity (Wildman–Crippen MR) is 72.4 cm³/mol. The summed E-state index contributed by atoms with van der Waals surface area (Å²) >= 11 is 2.02. The summed E-state index contributed by atoms with van der Waals surface area (Å²) in [6, 6.07) is 0. The Kier molecular flexibility index (Phi) is 5.61. The molecule has 5 heteroatoms. The van der Waals surface area contributed by atoms with Gasteiger partial charge < -0.3 is 10.6 Å². The highest BCUT2D eigenvalue weighted by Crippen LogP contribution is 2.27. The molecule has 2 N–H and O–H groups in total. The molecule has 1 aliphatic carbocycles. The van der Waals surface area contributed by atoms with E-state index in [1.165, 1.54) is 37.4 Å². The van der Waals surface area contributed by atoms with E-state index < -0.39 is 0 Å². The van der Waals surface area contributed by atoms with Crippen LogP contribution >= 0.6 is 11.8 Å². The number of thioether (sulfide) groups is 1. The Morgan fingerprint density at radius 1 is 1.29 bits per heavy atom. The SMILES string of the molecule is O=C(CNCC1CC1)NCCN1CCSCC1. The first kappa shape index (κ1) is 13.2. The van der Waals surface area contributed by atoms with Crippen LogP contribution in [0.5, 0.6) is 0 Å². The molecule has 0 aromatic carbocycles. The van der Waals surface area contributed by atoms with Gasteiger partial charge in [0.2, 0.25) is 5.91 Å². The van der Waals surface area contributed by atoms with Crippen LogP contribution in [-0.4, -0.2) is 61.6 Å². The van der Waals surface area contributed by atoms with E-state index in [0.717, 1.165) is 25.6 Å². The summed E-state index contributed by atoms with van der Waals surface area (Å²) in [4.78, 5) is 13.9. The molecule has 98 valence electrons. The van der Waals surface area contributed by atoms with Gasteiger partial charge in [0.25, 0.3) is 0 Å². The first-order chi connectivity index (χ1) is 8.34. The Balaban J connectivity index is 1.44. The summed E-state index contributed by atoms with van der Waals surface area (Å²) in [5.74, 6) is 3.44. The van der Waals surface area contributed by atoms with Gasteiger partial charge in [0.15, 0.2) is 0 Å². The van der Waals surface area contributed by atoms with E-state index >= 15 is 0 Å². The van der Waals surface area contributed by atoms with Crippen molar-refractivity contribution >= 4 is 17.7 Å². The molecular weight excluding hydrogens is 234 g/mol. The number of carbonyl (C=O) groups excluding carboxylic acids is 1. The van der Waals surface area contributed by atoms with Crippen molar-refractivity contribution in [3.05, 3.63) is 0 Å². The summed E-state index contributed by atoms with van der Waals surface area (Å²) in [5.41, 5.74) is 0. The van der Waals surface area contributed by atoms with Gasteiger partial charge in [-0.25, -0.2) is 0 Å². The van der Waals surface area contributed by atoms with Gasteiger partial charge in [-0.2, -0.15) is 11.8 Å². The molecular formula is C12H23N3OS. The highest BCUT2D eigenvalue weighted by atomic mass is 32.2. The van der Waals surface area contributed by atoms with Gasteiger partial charge in [0.1, 0.15) is 0 Å². The normalized spacial score (nSPS) is 21.4. The smallest absolute Gasteiger partial charge is 0.234 e. The minimum absolute atomic E-state index is 0.136. The van der Waals surface area contributed by atoms with Gasteiger partial charge >= 0.3 is 0 Å². The molecule has 2 rings (SSSR count). The largest absolute Gasteiger partial charge is 0.354 e. The summed E-state index contributed by atoms with van der Waals surface area (Å²) in [7, 11) is 0. The minimum atomic E-state index is 0.136. The Hall–Kier alpha value is -0.260. The number of amides is 1. The number of rotatable bonds is 7. The lowest BCUT2D eigenvalue weighted by Crippen LogP contribution is -2.41. The van der Waals surface area contributed by atoms with E-state index in [2.05, 4.69) is 15.5 Å². The highest BCUT2D eigenvalue weighted by Gasteiger charge is 2.20. The van der Waals surface area contributed by atoms with Crippen molar-refractivity contribution in [3.63, 3.8) is 0 Å². The van der Waals surface area contributed by atoms with Crippen LogP contribution in [0, 0.1) is 5.92 Å². The topological polar surface area (TPSA) is 44.4 Å². The molecule has 0 radical (unpaired) electrons. The highest BCUT2D eigenvalue weighted by molar-refractivity contribution is 7.99. The maximum atomic E-state index is 11.5. The standard InChI is InChI=1S/C12H23N3OS/c16-12(10-13-9-11-1-2-11)14-3-4-15-5-7-17-8-6-15/h11,13H,1-10H2,(H,14,16). The van der Waals surface area contributed by atoms with Gasteiger partial charge in [-0.15, -0.1) is 0 Å². The fourth-order valence-electron chi connectivity index (χ4n) is 1.95. The molecule has 4 nitrogen and oxygen atoms in total. The lowest BCUT2D eigenvalue weighted by Gasteiger charge is -2.25. The Labute approximate surface area is 108 Å². The van der Waals surface area contributed by atoms with Crippen LogP contribution in [0.2, 0.25) is 0 Å². The fraction of sp³-hybridized carbons (Fsp3) is 0.917. The molecule has 1 saturated heterocycles. The minimum Gasteiger partial charge on any atom is -0.354 e. The number of hydrogen-bond acceptors (Lipinski definition) is 4. The second kappa shape index (κ2) is 7.24. The quantitative estimate of drug-likeness (QED) is 0.681. The Bertz CT molecular complexity index is 240. The maximum Gasteiger partial charge on any atom is 0.234 e. The molecule has 17 heavy (non-hydrogen) atoms. The zero-order valence-electron chi connectivity index (χ0n) is 10.4. The number of nitrogens with one attached hydrogen (secondary N) is 2. The molecule has 1 heterocycles. The molecule has 1 saturated carbocycles. The fourth-order valence-corrected chi connectivity index (χ4v) is 2.93. The Morgan fingerprint density at radius 2 is 2.06 bits per heavy atom. The molecule has 0 bridgehead atoms. The van der Waals surface area contributed by atoms with Crippen molar-refractivity contribution in [2.45, 2.75) is 12.8 Å². The molecule has 0 aromatic heterocycles. The van der Waals surface area contributed by atoms with Crippen LogP contribution in [0.4, 0.5) is 0 Å². The van der Waals surface area contributed by atoms with Gasteiger partial charge in [0, 0.05) is 37.7 Å². The summed E-state index contributed by atoms with van der Waals surface area (Å²) < 4.78 is 0. The monoisotopic (exact) mass is 257 g/mol. The second-order valence-corrected chi connectivity index (χ2v) is 6.10. The molecule has 2 aliphatic rings. The third-order valence-corrected chi connectivity index (χ3v) is 4.21. The zero-order valence-corrected chi connectivity index (χ0v) is 11.2. The summed E-state index contributed by atoms with van der Waals surface area (Å²) in [6.45, 7) is 5.60. The van der Waals surface area contributed by atoms with Gasteiger partial charge in [-0.1, -0.05) is 0 Å². The van der Waals surface area contributed by atoms with Crippen LogP contribution < -0.4 is 10.6 Å². The second-order valence-electron chi connectivity index (χ2n) is 4.88. The maximum absolute atomic E-state index is 11.5. The number of hydrogen-bond donors (Lipinski definition) is 2. The van der Waals surface area contributed by atoms with E-state index in [-0.39, 0.29) is 5.91 Å². The van der Waals surface area contributed by atoms with E-state index in [0.29, 0.717) is 6.54 Å². The van der Waals surface area contributed by atoms with Crippen LogP contribution in [0.25, 0.3) is 0 Å². The molecule has 0 spiro atoms. The molecule has 0 unspecified atom stereocenters. The van der Waals surface area contributed by atoms with Crippen LogP contribution in [0.1, 0.15) is 12.8 Å². The number of nitrogens with zero attached hydrogens (tertiary/aromatic N) is 1. The van der Waals surface area contributed by atoms with Gasteiger partial charge in [-0.05, 0) is 25.3 Å². The third kappa shape index (κ3) is 5.75. The van der Waals surface area contributed by atoms with E-state index in [1.807, 2.05) is 11.8 Å². The van der Waals surface area contributed by atoms with Crippen LogP contribution in [0.15, 0.2) is 0 Å². The molecule has 0 atom stereocenters. The first-order valence-corrected chi connectivity index (χ1v) is 7.77.